The number of hydrogen-bond donors (Lipinski definition) is 1. The lowest BCUT2D eigenvalue weighted by molar-refractivity contribution is 0.0961. The van der Waals surface area contributed by atoms with Crippen LogP contribution in [0.5, 0.6) is 0 Å². The summed E-state index contributed by atoms with van der Waals surface area (Å²) in [5, 5.41) is 9.21. The second kappa shape index (κ2) is 6.41. The first kappa shape index (κ1) is 14.3. The molecule has 1 aromatic carbocycles. The van der Waals surface area contributed by atoms with Crippen LogP contribution in [0.2, 0.25) is 0 Å². The van der Waals surface area contributed by atoms with E-state index in [4.69, 9.17) is 4.42 Å². The summed E-state index contributed by atoms with van der Waals surface area (Å²) >= 11 is 0. The van der Waals surface area contributed by atoms with E-state index in [1.807, 2.05) is 36.5 Å². The molecule has 21 heavy (non-hydrogen) atoms. The number of benzene rings is 1. The Bertz CT molecular complexity index is 559. The van der Waals surface area contributed by atoms with Gasteiger partial charge in [0.25, 0.3) is 0 Å². The molecule has 0 radical (unpaired) electrons. The summed E-state index contributed by atoms with van der Waals surface area (Å²) in [7, 11) is 0. The van der Waals surface area contributed by atoms with Crippen molar-refractivity contribution in [2.24, 2.45) is 5.92 Å². The Kier molecular flexibility index (Phi) is 4.36. The highest BCUT2D eigenvalue weighted by atomic mass is 16.4. The minimum Gasteiger partial charge on any atom is -0.439 e. The number of oxazole rings is 1. The molecule has 3 rings (SSSR count). The average Bonchev–Trinajstić information content (AvgIpc) is 3.05. The number of nitrogens with zero attached hydrogens (tertiary/aromatic N) is 2. The molecule has 0 bridgehead atoms. The fourth-order valence-electron chi connectivity index (χ4n) is 2.90. The summed E-state index contributed by atoms with van der Waals surface area (Å²) in [6.45, 7) is 4.43. The van der Waals surface area contributed by atoms with E-state index in [1.54, 1.807) is 0 Å². The summed E-state index contributed by atoms with van der Waals surface area (Å²) in [4.78, 5) is 6.83. The number of piperidine rings is 1. The second-order valence-corrected chi connectivity index (χ2v) is 5.77. The first-order valence-electron chi connectivity index (χ1n) is 7.64. The molecule has 0 saturated carbocycles. The molecule has 1 atom stereocenters. The molecule has 4 nitrogen and oxygen atoms in total. The van der Waals surface area contributed by atoms with Gasteiger partial charge in [0.05, 0.1) is 12.2 Å². The zero-order valence-corrected chi connectivity index (χ0v) is 12.4. The van der Waals surface area contributed by atoms with Crippen LogP contribution in [-0.2, 0) is 0 Å². The van der Waals surface area contributed by atoms with Crippen molar-refractivity contribution < 1.29 is 9.52 Å². The lowest BCUT2D eigenvalue weighted by Crippen LogP contribution is -2.36. The van der Waals surface area contributed by atoms with Gasteiger partial charge in [0.2, 0.25) is 5.89 Å². The van der Waals surface area contributed by atoms with Gasteiger partial charge in [0, 0.05) is 12.2 Å². The molecule has 1 aliphatic heterocycles. The first-order chi connectivity index (χ1) is 10.3. The lowest BCUT2D eigenvalue weighted by atomic mass is 9.97. The number of aromatic nitrogens is 1. The number of aliphatic hydroxyl groups excluding tert-OH is 1. The quantitative estimate of drug-likeness (QED) is 0.938. The van der Waals surface area contributed by atoms with Crippen LogP contribution in [0.15, 0.2) is 40.9 Å². The minimum atomic E-state index is 0.183. The Hall–Kier alpha value is -1.65. The molecule has 1 aromatic heterocycles. The highest BCUT2D eigenvalue weighted by molar-refractivity contribution is 5.55. The van der Waals surface area contributed by atoms with Crippen LogP contribution in [0.1, 0.15) is 31.7 Å². The summed E-state index contributed by atoms with van der Waals surface area (Å²) in [6.07, 6.45) is 3.90. The monoisotopic (exact) mass is 286 g/mol. The Balaban J connectivity index is 1.69. The van der Waals surface area contributed by atoms with Crippen molar-refractivity contribution in [3.63, 3.8) is 0 Å². The molecule has 4 heteroatoms. The maximum Gasteiger partial charge on any atom is 0.211 e. The maximum absolute atomic E-state index is 9.21. The normalized spacial score (nSPS) is 18.8. The molecule has 2 aromatic rings. The van der Waals surface area contributed by atoms with Crippen molar-refractivity contribution in [2.45, 2.75) is 25.8 Å². The van der Waals surface area contributed by atoms with Crippen LogP contribution >= 0.6 is 0 Å². The fraction of sp³-hybridized carbons (Fsp3) is 0.471. The van der Waals surface area contributed by atoms with E-state index in [1.165, 1.54) is 0 Å². The predicted molar refractivity (Wildman–Crippen MR) is 81.7 cm³/mol. The molecular weight excluding hydrogens is 264 g/mol. The van der Waals surface area contributed by atoms with Crippen LogP contribution in [0.3, 0.4) is 0 Å². The van der Waals surface area contributed by atoms with E-state index in [0.717, 1.165) is 43.1 Å². The highest BCUT2D eigenvalue weighted by Gasteiger charge is 2.25. The SMILES string of the molecule is CC(c1ncc(-c2ccccc2)o1)N1CCC(CO)CC1. The lowest BCUT2D eigenvalue weighted by Gasteiger charge is -2.34. The van der Waals surface area contributed by atoms with Crippen molar-refractivity contribution in [1.29, 1.82) is 0 Å². The van der Waals surface area contributed by atoms with Crippen LogP contribution in [-0.4, -0.2) is 34.7 Å². The molecule has 1 unspecified atom stereocenters. The van der Waals surface area contributed by atoms with Gasteiger partial charge < -0.3 is 9.52 Å². The molecule has 0 aliphatic carbocycles. The minimum absolute atomic E-state index is 0.183. The van der Waals surface area contributed by atoms with Gasteiger partial charge in [-0.2, -0.15) is 0 Å². The Morgan fingerprint density at radius 2 is 2.00 bits per heavy atom. The van der Waals surface area contributed by atoms with Crippen molar-refractivity contribution in [3.8, 4) is 11.3 Å². The molecule has 2 heterocycles. The molecule has 0 amide bonds. The smallest absolute Gasteiger partial charge is 0.211 e. The van der Waals surface area contributed by atoms with E-state index < -0.39 is 0 Å². The third-order valence-electron chi connectivity index (χ3n) is 4.39. The third-order valence-corrected chi connectivity index (χ3v) is 4.39. The summed E-state index contributed by atoms with van der Waals surface area (Å²) < 4.78 is 5.94. The zero-order chi connectivity index (χ0) is 14.7. The van der Waals surface area contributed by atoms with Crippen LogP contribution < -0.4 is 0 Å². The van der Waals surface area contributed by atoms with Crippen LogP contribution in [0.4, 0.5) is 0 Å². The van der Waals surface area contributed by atoms with Crippen LogP contribution in [0, 0.1) is 5.92 Å². The molecule has 112 valence electrons. The van der Waals surface area contributed by atoms with Crippen molar-refractivity contribution in [2.75, 3.05) is 19.7 Å². The van der Waals surface area contributed by atoms with E-state index in [9.17, 15) is 5.11 Å². The predicted octanol–water partition coefficient (Wildman–Crippen LogP) is 3.11. The van der Waals surface area contributed by atoms with Gasteiger partial charge in [-0.1, -0.05) is 30.3 Å². The van der Waals surface area contributed by atoms with E-state index in [-0.39, 0.29) is 6.04 Å². The number of hydrogen-bond acceptors (Lipinski definition) is 4. The molecule has 1 saturated heterocycles. The largest absolute Gasteiger partial charge is 0.439 e. The standard InChI is InChI=1S/C17H22N2O2/c1-13(19-9-7-14(12-20)8-10-19)17-18-11-16(21-17)15-5-3-2-4-6-15/h2-6,11,13-14,20H,7-10,12H2,1H3. The van der Waals surface area contributed by atoms with Gasteiger partial charge in [-0.25, -0.2) is 4.98 Å². The Morgan fingerprint density at radius 3 is 2.67 bits per heavy atom. The van der Waals surface area contributed by atoms with Gasteiger partial charge in [-0.15, -0.1) is 0 Å². The molecule has 1 fully saturated rings. The highest BCUT2D eigenvalue weighted by Crippen LogP contribution is 2.28. The van der Waals surface area contributed by atoms with Gasteiger partial charge in [-0.05, 0) is 38.8 Å². The van der Waals surface area contributed by atoms with Gasteiger partial charge >= 0.3 is 0 Å². The number of rotatable bonds is 4. The Labute approximate surface area is 125 Å². The summed E-state index contributed by atoms with van der Waals surface area (Å²) in [5.41, 5.74) is 1.06. The van der Waals surface area contributed by atoms with Crippen molar-refractivity contribution in [3.05, 3.63) is 42.4 Å². The Morgan fingerprint density at radius 1 is 1.29 bits per heavy atom. The average molecular weight is 286 g/mol. The topological polar surface area (TPSA) is 49.5 Å². The van der Waals surface area contributed by atoms with Crippen molar-refractivity contribution >= 4 is 0 Å². The molecule has 0 spiro atoms. The van der Waals surface area contributed by atoms with E-state index >= 15 is 0 Å². The number of aliphatic hydroxyl groups is 1. The molecular formula is C17H22N2O2. The van der Waals surface area contributed by atoms with Crippen molar-refractivity contribution in [1.82, 2.24) is 9.88 Å². The third kappa shape index (κ3) is 3.17. The van der Waals surface area contributed by atoms with Gasteiger partial charge in [0.1, 0.15) is 0 Å². The summed E-state index contributed by atoms with van der Waals surface area (Å²) in [6, 6.07) is 10.2. The van der Waals surface area contributed by atoms with E-state index in [0.29, 0.717) is 12.5 Å². The molecule has 1 aliphatic rings. The van der Waals surface area contributed by atoms with Crippen LogP contribution in [0.25, 0.3) is 11.3 Å². The summed E-state index contributed by atoms with van der Waals surface area (Å²) in [5.74, 6) is 2.05. The maximum atomic E-state index is 9.21. The first-order valence-corrected chi connectivity index (χ1v) is 7.64. The fourth-order valence-corrected chi connectivity index (χ4v) is 2.90. The van der Waals surface area contributed by atoms with Gasteiger partial charge in [-0.3, -0.25) is 4.90 Å². The van der Waals surface area contributed by atoms with Gasteiger partial charge in [0.15, 0.2) is 5.76 Å². The molecule has 1 N–H and O–H groups in total. The van der Waals surface area contributed by atoms with E-state index in [2.05, 4.69) is 16.8 Å². The second-order valence-electron chi connectivity index (χ2n) is 5.77. The zero-order valence-electron chi connectivity index (χ0n) is 12.4. The number of likely N-dealkylation sites (tertiary alicyclic amines) is 1.